The first-order valence-corrected chi connectivity index (χ1v) is 8.49. The molecule has 0 radical (unpaired) electrons. The minimum absolute atomic E-state index is 0.0943. The van der Waals surface area contributed by atoms with Crippen LogP contribution in [0.5, 0.6) is 0 Å². The fourth-order valence-corrected chi connectivity index (χ4v) is 2.46. The van der Waals surface area contributed by atoms with Gasteiger partial charge in [0.15, 0.2) is 0 Å². The van der Waals surface area contributed by atoms with Gasteiger partial charge >= 0.3 is 0 Å². The predicted octanol–water partition coefficient (Wildman–Crippen LogP) is 2.13. The molecule has 26 heavy (non-hydrogen) atoms. The van der Waals surface area contributed by atoms with Gasteiger partial charge in [0, 0.05) is 38.5 Å². The van der Waals surface area contributed by atoms with Crippen LogP contribution in [0.25, 0.3) is 0 Å². The van der Waals surface area contributed by atoms with Crippen molar-refractivity contribution in [2.45, 2.75) is 6.54 Å². The van der Waals surface area contributed by atoms with Gasteiger partial charge in [0.25, 0.3) is 5.91 Å². The minimum atomic E-state index is -0.164. The fourth-order valence-electron chi connectivity index (χ4n) is 2.46. The predicted molar refractivity (Wildman–Crippen MR) is 102 cm³/mol. The number of amides is 2. The van der Waals surface area contributed by atoms with E-state index < -0.39 is 0 Å². The summed E-state index contributed by atoms with van der Waals surface area (Å²) < 4.78 is 4.91. The largest absolute Gasteiger partial charge is 0.383 e. The molecule has 6 heteroatoms. The highest BCUT2D eigenvalue weighted by atomic mass is 16.5. The summed E-state index contributed by atoms with van der Waals surface area (Å²) >= 11 is 0. The lowest BCUT2D eigenvalue weighted by Crippen LogP contribution is -2.30. The number of hydrogen-bond acceptors (Lipinski definition) is 4. The molecule has 138 valence electrons. The van der Waals surface area contributed by atoms with E-state index in [1.807, 2.05) is 30.3 Å². The van der Waals surface area contributed by atoms with Crippen molar-refractivity contribution in [1.29, 1.82) is 0 Å². The van der Waals surface area contributed by atoms with Crippen molar-refractivity contribution in [3.05, 3.63) is 65.7 Å². The summed E-state index contributed by atoms with van der Waals surface area (Å²) in [5, 5.41) is 5.77. The van der Waals surface area contributed by atoms with Crippen LogP contribution in [0.1, 0.15) is 15.9 Å². The lowest BCUT2D eigenvalue weighted by Gasteiger charge is -2.18. The zero-order chi connectivity index (χ0) is 18.8. The molecule has 0 bridgehead atoms. The molecule has 0 unspecified atom stereocenters. The van der Waals surface area contributed by atoms with Crippen LogP contribution in [0.15, 0.2) is 54.6 Å². The zero-order valence-electron chi connectivity index (χ0n) is 15.2. The summed E-state index contributed by atoms with van der Waals surface area (Å²) in [6.45, 7) is 1.87. The molecule has 0 fully saturated rings. The number of methoxy groups -OCH3 is 1. The number of carbonyl (C=O) groups excluding carboxylic acids is 2. The Balaban J connectivity index is 1.92. The number of nitrogens with one attached hydrogen (secondary N) is 2. The first-order valence-electron chi connectivity index (χ1n) is 8.49. The van der Waals surface area contributed by atoms with Gasteiger partial charge in [0.1, 0.15) is 0 Å². The maximum atomic E-state index is 12.6. The SMILES string of the molecule is COCCNCC(=O)Nc1cccc(C(=O)N(C)Cc2ccccc2)c1. The molecule has 2 aromatic rings. The summed E-state index contributed by atoms with van der Waals surface area (Å²) in [5.41, 5.74) is 2.20. The molecule has 2 rings (SSSR count). The van der Waals surface area contributed by atoms with Crippen LogP contribution in [0.3, 0.4) is 0 Å². The van der Waals surface area contributed by atoms with E-state index in [4.69, 9.17) is 4.74 Å². The highest BCUT2D eigenvalue weighted by molar-refractivity contribution is 5.97. The molecular formula is C20H25N3O3. The Bertz CT molecular complexity index is 719. The number of anilines is 1. The van der Waals surface area contributed by atoms with Crippen molar-refractivity contribution in [1.82, 2.24) is 10.2 Å². The molecule has 0 saturated carbocycles. The van der Waals surface area contributed by atoms with E-state index in [-0.39, 0.29) is 18.4 Å². The van der Waals surface area contributed by atoms with Gasteiger partial charge in [-0.25, -0.2) is 0 Å². The van der Waals surface area contributed by atoms with Crippen LogP contribution in [0, 0.1) is 0 Å². The fraction of sp³-hybridized carbons (Fsp3) is 0.300. The van der Waals surface area contributed by atoms with Gasteiger partial charge in [-0.05, 0) is 23.8 Å². The van der Waals surface area contributed by atoms with Crippen molar-refractivity contribution >= 4 is 17.5 Å². The number of ether oxygens (including phenoxy) is 1. The maximum Gasteiger partial charge on any atom is 0.253 e. The number of rotatable bonds is 9. The van der Waals surface area contributed by atoms with E-state index >= 15 is 0 Å². The zero-order valence-corrected chi connectivity index (χ0v) is 15.2. The van der Waals surface area contributed by atoms with Crippen LogP contribution in [-0.4, -0.2) is 50.6 Å². The van der Waals surface area contributed by atoms with Crippen molar-refractivity contribution in [3.63, 3.8) is 0 Å². The van der Waals surface area contributed by atoms with Crippen molar-refractivity contribution < 1.29 is 14.3 Å². The number of nitrogens with zero attached hydrogens (tertiary/aromatic N) is 1. The Labute approximate surface area is 154 Å². The smallest absolute Gasteiger partial charge is 0.253 e. The maximum absolute atomic E-state index is 12.6. The summed E-state index contributed by atoms with van der Waals surface area (Å²) in [7, 11) is 3.37. The quantitative estimate of drug-likeness (QED) is 0.676. The molecule has 0 heterocycles. The molecule has 2 amide bonds. The van der Waals surface area contributed by atoms with Crippen LogP contribution in [0.2, 0.25) is 0 Å². The Morgan fingerprint density at radius 1 is 1.08 bits per heavy atom. The van der Waals surface area contributed by atoms with Crippen molar-refractivity contribution in [2.75, 3.05) is 39.2 Å². The summed E-state index contributed by atoms with van der Waals surface area (Å²) in [6, 6.07) is 16.8. The molecule has 0 aliphatic carbocycles. The Morgan fingerprint density at radius 2 is 1.85 bits per heavy atom. The molecule has 0 atom stereocenters. The molecule has 0 aliphatic heterocycles. The lowest BCUT2D eigenvalue weighted by atomic mass is 10.1. The normalized spacial score (nSPS) is 10.4. The van der Waals surface area contributed by atoms with Gasteiger partial charge in [-0.2, -0.15) is 0 Å². The molecule has 0 saturated heterocycles. The highest BCUT2D eigenvalue weighted by Gasteiger charge is 2.13. The highest BCUT2D eigenvalue weighted by Crippen LogP contribution is 2.14. The lowest BCUT2D eigenvalue weighted by molar-refractivity contribution is -0.115. The van der Waals surface area contributed by atoms with Gasteiger partial charge in [-0.1, -0.05) is 36.4 Å². The first-order chi connectivity index (χ1) is 12.6. The third-order valence-electron chi connectivity index (χ3n) is 3.77. The second-order valence-corrected chi connectivity index (χ2v) is 5.95. The summed E-state index contributed by atoms with van der Waals surface area (Å²) in [6.07, 6.45) is 0. The van der Waals surface area contributed by atoms with Crippen LogP contribution >= 0.6 is 0 Å². The van der Waals surface area contributed by atoms with E-state index in [1.54, 1.807) is 43.3 Å². The second kappa shape index (κ2) is 10.3. The number of benzene rings is 2. The molecule has 0 aromatic heterocycles. The van der Waals surface area contributed by atoms with Gasteiger partial charge in [-0.3, -0.25) is 9.59 Å². The second-order valence-electron chi connectivity index (χ2n) is 5.95. The molecular weight excluding hydrogens is 330 g/mol. The Kier molecular flexibility index (Phi) is 7.79. The van der Waals surface area contributed by atoms with E-state index in [1.165, 1.54) is 0 Å². The molecule has 2 N–H and O–H groups in total. The standard InChI is InChI=1S/C20H25N3O3/c1-23(15-16-7-4-3-5-8-16)20(25)17-9-6-10-18(13-17)22-19(24)14-21-11-12-26-2/h3-10,13,21H,11-12,14-15H2,1-2H3,(H,22,24). The summed E-state index contributed by atoms with van der Waals surface area (Å²) in [5.74, 6) is -0.258. The van der Waals surface area contributed by atoms with E-state index in [2.05, 4.69) is 10.6 Å². The molecule has 2 aromatic carbocycles. The van der Waals surface area contributed by atoms with Gasteiger partial charge in [0.05, 0.1) is 13.2 Å². The van der Waals surface area contributed by atoms with Gasteiger partial charge in [-0.15, -0.1) is 0 Å². The van der Waals surface area contributed by atoms with E-state index in [9.17, 15) is 9.59 Å². The third-order valence-corrected chi connectivity index (χ3v) is 3.77. The van der Waals surface area contributed by atoms with Crippen LogP contribution in [-0.2, 0) is 16.1 Å². The topological polar surface area (TPSA) is 70.7 Å². The van der Waals surface area contributed by atoms with Gasteiger partial charge < -0.3 is 20.3 Å². The van der Waals surface area contributed by atoms with E-state index in [0.29, 0.717) is 30.9 Å². The van der Waals surface area contributed by atoms with E-state index in [0.717, 1.165) is 5.56 Å². The average molecular weight is 355 g/mol. The van der Waals surface area contributed by atoms with Crippen LogP contribution in [0.4, 0.5) is 5.69 Å². The van der Waals surface area contributed by atoms with Gasteiger partial charge in [0.2, 0.25) is 5.91 Å². The molecule has 0 spiro atoms. The van der Waals surface area contributed by atoms with Crippen molar-refractivity contribution in [2.24, 2.45) is 0 Å². The molecule has 6 nitrogen and oxygen atoms in total. The van der Waals surface area contributed by atoms with Crippen molar-refractivity contribution in [3.8, 4) is 0 Å². The first kappa shape index (κ1) is 19.6. The number of hydrogen-bond donors (Lipinski definition) is 2. The molecule has 0 aliphatic rings. The average Bonchev–Trinajstić information content (AvgIpc) is 2.65. The monoisotopic (exact) mass is 355 g/mol. The number of carbonyl (C=O) groups is 2. The van der Waals surface area contributed by atoms with Crippen LogP contribution < -0.4 is 10.6 Å². The summed E-state index contributed by atoms with van der Waals surface area (Å²) in [4.78, 5) is 26.2. The Hall–Kier alpha value is -2.70. The Morgan fingerprint density at radius 3 is 2.58 bits per heavy atom. The minimum Gasteiger partial charge on any atom is -0.383 e. The third kappa shape index (κ3) is 6.31.